The Morgan fingerprint density at radius 1 is 0.833 bits per heavy atom. The van der Waals surface area contributed by atoms with Gasteiger partial charge in [0.25, 0.3) is 0 Å². The lowest BCUT2D eigenvalue weighted by Crippen LogP contribution is -2.45. The Kier molecular flexibility index (Phi) is 8.38. The van der Waals surface area contributed by atoms with Crippen molar-refractivity contribution in [1.29, 1.82) is 0 Å². The van der Waals surface area contributed by atoms with Crippen LogP contribution in [0.1, 0.15) is 17.2 Å². The number of fused-ring (bicyclic) bond motifs is 1. The molecule has 1 fully saturated rings. The van der Waals surface area contributed by atoms with E-state index in [9.17, 15) is 13.2 Å². The first-order valence-electron chi connectivity index (χ1n) is 9.29. The van der Waals surface area contributed by atoms with Gasteiger partial charge in [-0.15, -0.1) is 38.0 Å². The van der Waals surface area contributed by atoms with Gasteiger partial charge in [-0.1, -0.05) is 54.6 Å². The molecule has 3 nitrogen and oxygen atoms in total. The predicted octanol–water partition coefficient (Wildman–Crippen LogP) is 5.58. The molecule has 0 bridgehead atoms. The Balaban J connectivity index is 0.00000160. The number of nitrogens with one attached hydrogen (secondary N) is 1. The number of benzene rings is 3. The van der Waals surface area contributed by atoms with Gasteiger partial charge in [0.2, 0.25) is 0 Å². The first-order valence-corrected chi connectivity index (χ1v) is 9.29. The molecule has 162 valence electrons. The number of hydrogen-bond donors (Lipinski definition) is 1. The molecular formula is C22H23Cl2F3N2O. The van der Waals surface area contributed by atoms with Gasteiger partial charge in [-0.3, -0.25) is 4.90 Å². The summed E-state index contributed by atoms with van der Waals surface area (Å²) >= 11 is 0. The van der Waals surface area contributed by atoms with Gasteiger partial charge in [-0.2, -0.15) is 0 Å². The van der Waals surface area contributed by atoms with E-state index >= 15 is 0 Å². The third kappa shape index (κ3) is 5.58. The summed E-state index contributed by atoms with van der Waals surface area (Å²) in [6, 6.07) is 20.6. The van der Waals surface area contributed by atoms with Crippen LogP contribution in [0.15, 0.2) is 66.7 Å². The van der Waals surface area contributed by atoms with Crippen LogP contribution in [0.3, 0.4) is 0 Å². The Hall–Kier alpha value is -1.99. The zero-order valence-corrected chi connectivity index (χ0v) is 17.7. The fourth-order valence-electron chi connectivity index (χ4n) is 3.87. The molecule has 30 heavy (non-hydrogen) atoms. The van der Waals surface area contributed by atoms with Crippen molar-refractivity contribution in [3.63, 3.8) is 0 Å². The number of alkyl halides is 3. The smallest absolute Gasteiger partial charge is 0.406 e. The Morgan fingerprint density at radius 2 is 1.47 bits per heavy atom. The van der Waals surface area contributed by atoms with Crippen LogP contribution in [0, 0.1) is 0 Å². The Labute approximate surface area is 186 Å². The number of rotatable bonds is 4. The van der Waals surface area contributed by atoms with Crippen molar-refractivity contribution in [2.45, 2.75) is 12.4 Å². The summed E-state index contributed by atoms with van der Waals surface area (Å²) in [4.78, 5) is 2.37. The molecule has 4 rings (SSSR count). The largest absolute Gasteiger partial charge is 0.573 e. The average molecular weight is 459 g/mol. The van der Waals surface area contributed by atoms with Crippen LogP contribution in [-0.4, -0.2) is 37.4 Å². The highest BCUT2D eigenvalue weighted by molar-refractivity contribution is 5.86. The number of piperazine rings is 1. The number of ether oxygens (including phenoxy) is 1. The maximum atomic E-state index is 12.5. The molecule has 3 aromatic rings. The lowest BCUT2D eigenvalue weighted by Gasteiger charge is -2.36. The van der Waals surface area contributed by atoms with Crippen molar-refractivity contribution in [3.05, 3.63) is 77.9 Å². The number of nitrogens with zero attached hydrogens (tertiary/aromatic N) is 1. The van der Waals surface area contributed by atoms with Crippen LogP contribution in [0.2, 0.25) is 0 Å². The maximum absolute atomic E-state index is 12.5. The highest BCUT2D eigenvalue weighted by Gasteiger charge is 2.31. The zero-order valence-electron chi connectivity index (χ0n) is 16.1. The van der Waals surface area contributed by atoms with Crippen molar-refractivity contribution < 1.29 is 17.9 Å². The van der Waals surface area contributed by atoms with E-state index in [2.05, 4.69) is 39.2 Å². The minimum Gasteiger partial charge on any atom is -0.406 e. The van der Waals surface area contributed by atoms with E-state index in [0.29, 0.717) is 0 Å². The van der Waals surface area contributed by atoms with Crippen LogP contribution < -0.4 is 10.1 Å². The third-order valence-corrected chi connectivity index (χ3v) is 5.06. The van der Waals surface area contributed by atoms with Crippen molar-refractivity contribution in [1.82, 2.24) is 10.2 Å². The van der Waals surface area contributed by atoms with Gasteiger partial charge >= 0.3 is 6.36 Å². The Bertz CT molecular complexity index is 940. The highest BCUT2D eigenvalue weighted by atomic mass is 35.5. The predicted molar refractivity (Wildman–Crippen MR) is 118 cm³/mol. The standard InChI is InChI=1S/C22H21F3N2O.2ClH/c23-22(24,25)28-18-10-8-17(9-11-18)21(27-14-12-26-13-15-27)20-7-3-5-16-4-1-2-6-19(16)20;;/h1-11,21,26H,12-15H2;2*1H/t21-;;/m0../s1. The number of hydrogen-bond acceptors (Lipinski definition) is 3. The summed E-state index contributed by atoms with van der Waals surface area (Å²) in [6.45, 7) is 3.51. The monoisotopic (exact) mass is 458 g/mol. The van der Waals surface area contributed by atoms with Gasteiger partial charge in [0.15, 0.2) is 0 Å². The first kappa shape index (κ1) is 24.3. The molecule has 3 aromatic carbocycles. The molecule has 0 aromatic heterocycles. The zero-order chi connectivity index (χ0) is 19.6. The average Bonchev–Trinajstić information content (AvgIpc) is 2.69. The van der Waals surface area contributed by atoms with E-state index in [-0.39, 0.29) is 36.6 Å². The number of halogens is 5. The molecule has 0 amide bonds. The second-order valence-electron chi connectivity index (χ2n) is 6.87. The molecular weight excluding hydrogens is 436 g/mol. The van der Waals surface area contributed by atoms with Crippen LogP contribution in [-0.2, 0) is 0 Å². The summed E-state index contributed by atoms with van der Waals surface area (Å²) in [6.07, 6.45) is -4.69. The molecule has 0 spiro atoms. The molecule has 1 saturated heterocycles. The molecule has 1 aliphatic heterocycles. The third-order valence-electron chi connectivity index (χ3n) is 5.06. The van der Waals surface area contributed by atoms with Crippen LogP contribution in [0.4, 0.5) is 13.2 Å². The normalized spacial score (nSPS) is 15.7. The Morgan fingerprint density at radius 3 is 2.13 bits per heavy atom. The summed E-state index contributed by atoms with van der Waals surface area (Å²) in [5, 5.41) is 5.66. The van der Waals surface area contributed by atoms with Crippen molar-refractivity contribution >= 4 is 35.6 Å². The van der Waals surface area contributed by atoms with E-state index in [1.165, 1.54) is 12.1 Å². The molecule has 0 unspecified atom stereocenters. The van der Waals surface area contributed by atoms with Gasteiger partial charge in [-0.05, 0) is 34.0 Å². The first-order chi connectivity index (χ1) is 13.5. The molecule has 1 aliphatic rings. The van der Waals surface area contributed by atoms with Crippen LogP contribution in [0.25, 0.3) is 10.8 Å². The summed E-state index contributed by atoms with van der Waals surface area (Å²) in [5.74, 6) is -0.201. The van der Waals surface area contributed by atoms with E-state index in [1.807, 2.05) is 18.2 Å². The van der Waals surface area contributed by atoms with E-state index in [0.717, 1.165) is 48.1 Å². The molecule has 1 N–H and O–H groups in total. The van der Waals surface area contributed by atoms with Crippen LogP contribution >= 0.6 is 24.8 Å². The van der Waals surface area contributed by atoms with E-state index in [4.69, 9.17) is 0 Å². The fraction of sp³-hybridized carbons (Fsp3) is 0.273. The SMILES string of the molecule is Cl.Cl.FC(F)(F)Oc1ccc([C@@H](c2cccc3ccccc23)N2CCNCC2)cc1. The van der Waals surface area contributed by atoms with Crippen molar-refractivity contribution in [3.8, 4) is 5.75 Å². The van der Waals surface area contributed by atoms with Gasteiger partial charge in [-0.25, -0.2) is 0 Å². The van der Waals surface area contributed by atoms with Gasteiger partial charge in [0.05, 0.1) is 6.04 Å². The lowest BCUT2D eigenvalue weighted by molar-refractivity contribution is -0.274. The van der Waals surface area contributed by atoms with Gasteiger partial charge in [0, 0.05) is 26.2 Å². The summed E-state index contributed by atoms with van der Waals surface area (Å²) < 4.78 is 41.5. The van der Waals surface area contributed by atoms with Gasteiger partial charge < -0.3 is 10.1 Å². The topological polar surface area (TPSA) is 24.5 Å². The fourth-order valence-corrected chi connectivity index (χ4v) is 3.87. The molecule has 0 aliphatic carbocycles. The minimum atomic E-state index is -4.69. The second-order valence-corrected chi connectivity index (χ2v) is 6.87. The molecule has 0 radical (unpaired) electrons. The van der Waals surface area contributed by atoms with E-state index < -0.39 is 6.36 Å². The summed E-state index contributed by atoms with van der Waals surface area (Å²) in [5.41, 5.74) is 2.11. The summed E-state index contributed by atoms with van der Waals surface area (Å²) in [7, 11) is 0. The van der Waals surface area contributed by atoms with Crippen LogP contribution in [0.5, 0.6) is 5.75 Å². The van der Waals surface area contributed by atoms with Gasteiger partial charge in [0.1, 0.15) is 5.75 Å². The highest BCUT2D eigenvalue weighted by Crippen LogP contribution is 2.35. The second kappa shape index (κ2) is 10.4. The lowest BCUT2D eigenvalue weighted by atomic mass is 9.92. The van der Waals surface area contributed by atoms with Crippen molar-refractivity contribution in [2.24, 2.45) is 0 Å². The quantitative estimate of drug-likeness (QED) is 0.552. The minimum absolute atomic E-state index is 0. The molecule has 0 saturated carbocycles. The maximum Gasteiger partial charge on any atom is 0.573 e. The molecule has 1 atom stereocenters. The molecule has 8 heteroatoms. The van der Waals surface area contributed by atoms with Crippen molar-refractivity contribution in [2.75, 3.05) is 26.2 Å². The van der Waals surface area contributed by atoms with E-state index in [1.54, 1.807) is 12.1 Å². The molecule has 1 heterocycles.